The first-order valence-electron chi connectivity index (χ1n) is 5.60. The Hall–Kier alpha value is -1.78. The van der Waals surface area contributed by atoms with Crippen LogP contribution in [0.3, 0.4) is 0 Å². The first-order valence-corrected chi connectivity index (χ1v) is 5.60. The summed E-state index contributed by atoms with van der Waals surface area (Å²) in [7, 11) is 0. The number of nitro benzene ring substituents is 1. The molecule has 0 unspecified atom stereocenters. The van der Waals surface area contributed by atoms with E-state index in [0.29, 0.717) is 12.8 Å². The fraction of sp³-hybridized carbons (Fsp3) is 0.417. The van der Waals surface area contributed by atoms with Crippen LogP contribution in [0.2, 0.25) is 0 Å². The number of hydrogen-bond acceptors (Lipinski definition) is 3. The number of nitrogens with zero attached hydrogens (tertiary/aromatic N) is 1. The fourth-order valence-electron chi connectivity index (χ4n) is 1.87. The van der Waals surface area contributed by atoms with E-state index in [1.807, 2.05) is 13.8 Å². The zero-order valence-electron chi connectivity index (χ0n) is 9.83. The van der Waals surface area contributed by atoms with Crippen molar-refractivity contribution in [2.24, 2.45) is 0 Å². The summed E-state index contributed by atoms with van der Waals surface area (Å²) in [5, 5.41) is 10.7. The summed E-state index contributed by atoms with van der Waals surface area (Å²) < 4.78 is 13.3. The molecule has 2 rings (SSSR count). The molecule has 5 heteroatoms. The Morgan fingerprint density at radius 2 is 1.94 bits per heavy atom. The number of halogens is 1. The highest BCUT2D eigenvalue weighted by Crippen LogP contribution is 2.31. The Kier molecular flexibility index (Phi) is 4.31. The zero-order chi connectivity index (χ0) is 13.0. The highest BCUT2D eigenvalue weighted by Gasteiger charge is 2.28. The van der Waals surface area contributed by atoms with Crippen molar-refractivity contribution in [3.63, 3.8) is 0 Å². The number of nitro groups is 1. The molecule has 4 nitrogen and oxygen atoms in total. The number of Topliss-reactive ketones (excluding diaryl/α,β-unsaturated/α-hetero) is 1. The predicted molar refractivity (Wildman–Crippen MR) is 61.7 cm³/mol. The molecule has 1 aromatic carbocycles. The van der Waals surface area contributed by atoms with Gasteiger partial charge >= 0.3 is 0 Å². The first-order chi connectivity index (χ1) is 8.11. The largest absolute Gasteiger partial charge is 0.294 e. The second-order valence-electron chi connectivity index (χ2n) is 3.45. The van der Waals surface area contributed by atoms with Crippen molar-refractivity contribution in [3.05, 3.63) is 39.2 Å². The van der Waals surface area contributed by atoms with Gasteiger partial charge in [0.1, 0.15) is 11.4 Å². The van der Waals surface area contributed by atoms with E-state index >= 15 is 0 Å². The van der Waals surface area contributed by atoms with Gasteiger partial charge in [-0.25, -0.2) is 4.39 Å². The Morgan fingerprint density at radius 1 is 1.29 bits per heavy atom. The van der Waals surface area contributed by atoms with E-state index in [1.165, 1.54) is 0 Å². The minimum absolute atomic E-state index is 0.0359. The molecule has 92 valence electrons. The monoisotopic (exact) mass is 239 g/mol. The topological polar surface area (TPSA) is 60.2 Å². The van der Waals surface area contributed by atoms with Gasteiger partial charge in [-0.1, -0.05) is 13.8 Å². The molecule has 0 heterocycles. The van der Waals surface area contributed by atoms with E-state index < -0.39 is 10.7 Å². The number of ketones is 1. The highest BCUT2D eigenvalue weighted by molar-refractivity contribution is 6.02. The van der Waals surface area contributed by atoms with Crippen LogP contribution in [0.1, 0.15) is 42.6 Å². The number of benzene rings is 1. The minimum atomic E-state index is -0.637. The lowest BCUT2D eigenvalue weighted by atomic mass is 9.89. The van der Waals surface area contributed by atoms with Crippen LogP contribution in [0.25, 0.3) is 0 Å². The third-order valence-corrected chi connectivity index (χ3v) is 2.54. The molecule has 0 aliphatic heterocycles. The molecule has 0 aromatic heterocycles. The SMILES string of the molecule is CC.O=C1CCCc2c(F)ccc([N+](=O)[O-])c21. The van der Waals surface area contributed by atoms with E-state index in [-0.39, 0.29) is 29.0 Å². The molecule has 17 heavy (non-hydrogen) atoms. The number of carbonyl (C=O) groups excluding carboxylic acids is 1. The number of rotatable bonds is 1. The maximum atomic E-state index is 13.3. The first kappa shape index (κ1) is 13.3. The Bertz CT molecular complexity index is 457. The van der Waals surface area contributed by atoms with E-state index in [1.54, 1.807) is 0 Å². The maximum absolute atomic E-state index is 13.3. The summed E-state index contributed by atoms with van der Waals surface area (Å²) in [5.74, 6) is -0.855. The molecule has 0 saturated heterocycles. The van der Waals surface area contributed by atoms with Crippen LogP contribution in [0.5, 0.6) is 0 Å². The van der Waals surface area contributed by atoms with Gasteiger partial charge in [-0.3, -0.25) is 14.9 Å². The second-order valence-corrected chi connectivity index (χ2v) is 3.45. The van der Waals surface area contributed by atoms with Gasteiger partial charge in [-0.05, 0) is 18.9 Å². The molecule has 0 atom stereocenters. The van der Waals surface area contributed by atoms with Crippen LogP contribution in [0, 0.1) is 15.9 Å². The van der Waals surface area contributed by atoms with Gasteiger partial charge in [0, 0.05) is 18.1 Å². The normalized spacial score (nSPS) is 13.5. The van der Waals surface area contributed by atoms with Gasteiger partial charge in [0.15, 0.2) is 5.78 Å². The fourth-order valence-corrected chi connectivity index (χ4v) is 1.87. The van der Waals surface area contributed by atoms with Gasteiger partial charge in [0.05, 0.1) is 4.92 Å². The lowest BCUT2D eigenvalue weighted by Gasteiger charge is -2.14. The van der Waals surface area contributed by atoms with Crippen molar-refractivity contribution in [1.29, 1.82) is 0 Å². The van der Waals surface area contributed by atoms with Gasteiger partial charge < -0.3 is 0 Å². The van der Waals surface area contributed by atoms with Crippen LogP contribution in [-0.2, 0) is 6.42 Å². The maximum Gasteiger partial charge on any atom is 0.280 e. The molecule has 1 aromatic rings. The molecule has 0 fully saturated rings. The number of carbonyl (C=O) groups is 1. The van der Waals surface area contributed by atoms with Gasteiger partial charge in [0.25, 0.3) is 5.69 Å². The van der Waals surface area contributed by atoms with Crippen molar-refractivity contribution in [2.45, 2.75) is 33.1 Å². The van der Waals surface area contributed by atoms with E-state index in [2.05, 4.69) is 0 Å². The summed E-state index contributed by atoms with van der Waals surface area (Å²) in [6.45, 7) is 4.00. The van der Waals surface area contributed by atoms with Crippen LogP contribution >= 0.6 is 0 Å². The van der Waals surface area contributed by atoms with Crippen LogP contribution in [-0.4, -0.2) is 10.7 Å². The van der Waals surface area contributed by atoms with Gasteiger partial charge in [-0.2, -0.15) is 0 Å². The highest BCUT2D eigenvalue weighted by atomic mass is 19.1. The summed E-state index contributed by atoms with van der Waals surface area (Å²) >= 11 is 0. The second kappa shape index (κ2) is 5.52. The van der Waals surface area contributed by atoms with Crippen LogP contribution in [0.4, 0.5) is 10.1 Å². The Balaban J connectivity index is 0.000000686. The van der Waals surface area contributed by atoms with E-state index in [4.69, 9.17) is 0 Å². The van der Waals surface area contributed by atoms with Gasteiger partial charge in [-0.15, -0.1) is 0 Å². The minimum Gasteiger partial charge on any atom is -0.294 e. The third kappa shape index (κ3) is 2.49. The van der Waals surface area contributed by atoms with Crippen LogP contribution in [0.15, 0.2) is 12.1 Å². The number of fused-ring (bicyclic) bond motifs is 1. The predicted octanol–water partition coefficient (Wildman–Crippen LogP) is 3.28. The summed E-state index contributed by atoms with van der Waals surface area (Å²) in [6, 6.07) is 2.10. The van der Waals surface area contributed by atoms with Crippen molar-refractivity contribution < 1.29 is 14.1 Å². The molecule has 0 amide bonds. The van der Waals surface area contributed by atoms with Crippen LogP contribution < -0.4 is 0 Å². The molecule has 0 N–H and O–H groups in total. The lowest BCUT2D eigenvalue weighted by Crippen LogP contribution is -2.15. The molecule has 0 saturated carbocycles. The molecular weight excluding hydrogens is 225 g/mol. The summed E-state index contributed by atoms with van der Waals surface area (Å²) in [6.07, 6.45) is 1.22. The summed E-state index contributed by atoms with van der Waals surface area (Å²) in [4.78, 5) is 21.5. The van der Waals surface area contributed by atoms with Crippen molar-refractivity contribution in [2.75, 3.05) is 0 Å². The standard InChI is InChI=1S/C10H8FNO3.C2H6/c11-7-4-5-8(12(14)15)10-6(7)2-1-3-9(10)13;1-2/h4-5H,1-3H2;1-2H3. The van der Waals surface area contributed by atoms with Crippen molar-refractivity contribution >= 4 is 11.5 Å². The number of hydrogen-bond donors (Lipinski definition) is 0. The van der Waals surface area contributed by atoms with E-state index in [9.17, 15) is 19.3 Å². The van der Waals surface area contributed by atoms with Crippen molar-refractivity contribution in [1.82, 2.24) is 0 Å². The van der Waals surface area contributed by atoms with E-state index in [0.717, 1.165) is 12.1 Å². The average Bonchev–Trinajstić information content (AvgIpc) is 2.33. The molecule has 1 aliphatic rings. The molecule has 0 radical (unpaired) electrons. The smallest absolute Gasteiger partial charge is 0.280 e. The Labute approximate surface area is 98.6 Å². The average molecular weight is 239 g/mol. The lowest BCUT2D eigenvalue weighted by molar-refractivity contribution is -0.385. The summed E-state index contributed by atoms with van der Waals surface area (Å²) in [5.41, 5.74) is -0.122. The molecular formula is C12H14FNO3. The molecule has 0 bridgehead atoms. The van der Waals surface area contributed by atoms with Crippen molar-refractivity contribution in [3.8, 4) is 0 Å². The zero-order valence-corrected chi connectivity index (χ0v) is 9.83. The third-order valence-electron chi connectivity index (χ3n) is 2.54. The Morgan fingerprint density at radius 3 is 2.53 bits per heavy atom. The molecule has 1 aliphatic carbocycles. The molecule has 0 spiro atoms. The quantitative estimate of drug-likeness (QED) is 0.558. The van der Waals surface area contributed by atoms with Gasteiger partial charge in [0.2, 0.25) is 0 Å².